The highest BCUT2D eigenvalue weighted by Gasteiger charge is 2.20. The molecule has 0 saturated carbocycles. The number of nitrogens with one attached hydrogen (secondary N) is 1. The molecular formula is C53H101NO4. The molecule has 0 aromatic carbocycles. The van der Waals surface area contributed by atoms with Gasteiger partial charge in [0.15, 0.2) is 0 Å². The molecule has 0 aromatic rings. The summed E-state index contributed by atoms with van der Waals surface area (Å²) < 4.78 is 0. The fourth-order valence-corrected chi connectivity index (χ4v) is 7.96. The van der Waals surface area contributed by atoms with Gasteiger partial charge >= 0.3 is 0 Å². The summed E-state index contributed by atoms with van der Waals surface area (Å²) in [6.45, 7) is 4.23. The van der Waals surface area contributed by atoms with Crippen molar-refractivity contribution in [3.05, 3.63) is 36.5 Å². The maximum atomic E-state index is 12.5. The first-order chi connectivity index (χ1) is 28.5. The van der Waals surface area contributed by atoms with Crippen molar-refractivity contribution >= 4 is 5.91 Å². The Morgan fingerprint density at radius 2 is 0.776 bits per heavy atom. The van der Waals surface area contributed by atoms with Gasteiger partial charge in [-0.25, -0.2) is 0 Å². The number of aliphatic hydroxyl groups excluding tert-OH is 3. The van der Waals surface area contributed by atoms with E-state index in [-0.39, 0.29) is 18.9 Å². The van der Waals surface area contributed by atoms with Crippen LogP contribution in [0.4, 0.5) is 0 Å². The van der Waals surface area contributed by atoms with Crippen molar-refractivity contribution in [3.8, 4) is 0 Å². The molecule has 0 heterocycles. The van der Waals surface area contributed by atoms with Gasteiger partial charge in [0.25, 0.3) is 0 Å². The average molecular weight is 816 g/mol. The second-order valence-electron chi connectivity index (χ2n) is 17.8. The van der Waals surface area contributed by atoms with Crippen LogP contribution in [-0.2, 0) is 4.79 Å². The van der Waals surface area contributed by atoms with E-state index < -0.39 is 18.2 Å². The lowest BCUT2D eigenvalue weighted by atomic mass is 10.0. The van der Waals surface area contributed by atoms with Crippen molar-refractivity contribution in [2.24, 2.45) is 0 Å². The Balaban J connectivity index is 3.63. The Morgan fingerprint density at radius 1 is 0.448 bits per heavy atom. The van der Waals surface area contributed by atoms with Crippen molar-refractivity contribution < 1.29 is 20.1 Å². The second kappa shape index (κ2) is 48.2. The predicted molar refractivity (Wildman–Crippen MR) is 254 cm³/mol. The van der Waals surface area contributed by atoms with E-state index in [0.29, 0.717) is 6.42 Å². The molecular weight excluding hydrogens is 715 g/mol. The smallest absolute Gasteiger partial charge is 0.222 e. The summed E-state index contributed by atoms with van der Waals surface area (Å²) in [5.74, 6) is -0.318. The van der Waals surface area contributed by atoms with Crippen LogP contribution in [0.2, 0.25) is 0 Å². The molecule has 0 aliphatic rings. The van der Waals surface area contributed by atoms with Crippen molar-refractivity contribution in [2.75, 3.05) is 6.61 Å². The molecule has 0 radical (unpaired) electrons. The summed E-state index contributed by atoms with van der Waals surface area (Å²) in [7, 11) is 0. The summed E-state index contributed by atoms with van der Waals surface area (Å²) in [5, 5.41) is 33.4. The highest BCUT2D eigenvalue weighted by Crippen LogP contribution is 2.16. The van der Waals surface area contributed by atoms with E-state index in [9.17, 15) is 20.1 Å². The van der Waals surface area contributed by atoms with Gasteiger partial charge in [-0.15, -0.1) is 0 Å². The standard InChI is InChI=1S/C53H101NO4/c1-3-5-7-9-11-13-15-17-19-21-23-25-26-27-28-30-32-34-36-38-40-42-44-46-50(56)48-53(58)54-51(49-55)52(57)47-45-43-41-39-37-35-33-31-29-24-22-20-18-16-14-12-10-8-6-4-2/h23,25,27-28,45,47,50-52,55-57H,3-22,24,26,29-44,46,48-49H2,1-2H3,(H,54,58)/b25-23-,28-27-,47-45+. The molecule has 0 aliphatic carbocycles. The van der Waals surface area contributed by atoms with E-state index in [4.69, 9.17) is 0 Å². The number of carbonyl (C=O) groups is 1. The molecule has 0 spiro atoms. The molecule has 0 aromatic heterocycles. The molecule has 0 saturated heterocycles. The zero-order valence-corrected chi connectivity index (χ0v) is 38.9. The van der Waals surface area contributed by atoms with Crippen molar-refractivity contribution in [2.45, 2.75) is 289 Å². The van der Waals surface area contributed by atoms with Crippen LogP contribution in [0.25, 0.3) is 0 Å². The fraction of sp³-hybridized carbons (Fsp3) is 0.868. The van der Waals surface area contributed by atoms with Gasteiger partial charge in [0.1, 0.15) is 0 Å². The number of aliphatic hydroxyl groups is 3. The second-order valence-corrected chi connectivity index (χ2v) is 17.8. The van der Waals surface area contributed by atoms with Crippen LogP contribution in [0.5, 0.6) is 0 Å². The number of hydrogen-bond acceptors (Lipinski definition) is 4. The average Bonchev–Trinajstić information content (AvgIpc) is 3.22. The minimum Gasteiger partial charge on any atom is -0.394 e. The van der Waals surface area contributed by atoms with E-state index in [1.807, 2.05) is 6.08 Å². The molecule has 3 atom stereocenters. The first kappa shape index (κ1) is 56.6. The van der Waals surface area contributed by atoms with Crippen LogP contribution in [0.3, 0.4) is 0 Å². The van der Waals surface area contributed by atoms with Crippen LogP contribution < -0.4 is 5.32 Å². The lowest BCUT2D eigenvalue weighted by molar-refractivity contribution is -0.124. The Hall–Kier alpha value is -1.43. The Morgan fingerprint density at radius 3 is 1.14 bits per heavy atom. The third-order valence-electron chi connectivity index (χ3n) is 11.9. The molecule has 5 heteroatoms. The van der Waals surface area contributed by atoms with Gasteiger partial charge in [-0.1, -0.05) is 249 Å². The van der Waals surface area contributed by atoms with Crippen LogP contribution in [-0.4, -0.2) is 46.1 Å². The van der Waals surface area contributed by atoms with Gasteiger partial charge in [-0.2, -0.15) is 0 Å². The Bertz CT molecular complexity index is 901. The van der Waals surface area contributed by atoms with Gasteiger partial charge in [-0.05, 0) is 51.4 Å². The molecule has 5 nitrogen and oxygen atoms in total. The highest BCUT2D eigenvalue weighted by atomic mass is 16.3. The Kier molecular flexibility index (Phi) is 47.0. The van der Waals surface area contributed by atoms with E-state index >= 15 is 0 Å². The minimum absolute atomic E-state index is 0.00879. The van der Waals surface area contributed by atoms with E-state index in [1.165, 1.54) is 212 Å². The molecule has 4 N–H and O–H groups in total. The fourth-order valence-electron chi connectivity index (χ4n) is 7.96. The minimum atomic E-state index is -0.932. The number of unbranched alkanes of at least 4 members (excludes halogenated alkanes) is 34. The van der Waals surface area contributed by atoms with Crippen molar-refractivity contribution in [1.29, 1.82) is 0 Å². The van der Waals surface area contributed by atoms with Crippen molar-refractivity contribution in [1.82, 2.24) is 5.32 Å². The van der Waals surface area contributed by atoms with E-state index in [1.54, 1.807) is 6.08 Å². The number of amides is 1. The maximum Gasteiger partial charge on any atom is 0.222 e. The zero-order valence-electron chi connectivity index (χ0n) is 38.9. The molecule has 0 fully saturated rings. The molecule has 0 aliphatic heterocycles. The number of hydrogen-bond donors (Lipinski definition) is 4. The number of carbonyl (C=O) groups excluding carboxylic acids is 1. The number of allylic oxidation sites excluding steroid dienone is 5. The quantitative estimate of drug-likeness (QED) is 0.0364. The summed E-state index contributed by atoms with van der Waals surface area (Å²) in [5.41, 5.74) is 0. The maximum absolute atomic E-state index is 12.5. The lowest BCUT2D eigenvalue weighted by Gasteiger charge is -2.21. The normalized spacial score (nSPS) is 13.7. The first-order valence-electron chi connectivity index (χ1n) is 25.8. The van der Waals surface area contributed by atoms with Crippen LogP contribution in [0.1, 0.15) is 271 Å². The van der Waals surface area contributed by atoms with Crippen LogP contribution in [0.15, 0.2) is 36.5 Å². The van der Waals surface area contributed by atoms with Gasteiger partial charge in [0.05, 0.1) is 31.3 Å². The molecule has 0 bridgehead atoms. The summed E-state index contributed by atoms with van der Waals surface area (Å²) in [6.07, 6.45) is 61.6. The highest BCUT2D eigenvalue weighted by molar-refractivity contribution is 5.76. The van der Waals surface area contributed by atoms with Gasteiger partial charge in [0, 0.05) is 0 Å². The summed E-state index contributed by atoms with van der Waals surface area (Å²) >= 11 is 0. The third-order valence-corrected chi connectivity index (χ3v) is 11.9. The Labute approximate surface area is 362 Å². The topological polar surface area (TPSA) is 89.8 Å². The van der Waals surface area contributed by atoms with Gasteiger partial charge in [-0.3, -0.25) is 4.79 Å². The molecule has 342 valence electrons. The summed E-state index contributed by atoms with van der Waals surface area (Å²) in [6, 6.07) is -0.747. The first-order valence-corrected chi connectivity index (χ1v) is 25.8. The van der Waals surface area contributed by atoms with Gasteiger partial charge in [0.2, 0.25) is 5.91 Å². The van der Waals surface area contributed by atoms with Crippen LogP contribution >= 0.6 is 0 Å². The molecule has 1 amide bonds. The molecule has 3 unspecified atom stereocenters. The largest absolute Gasteiger partial charge is 0.394 e. The summed E-state index contributed by atoms with van der Waals surface area (Å²) in [4.78, 5) is 12.5. The number of rotatable bonds is 47. The van der Waals surface area contributed by atoms with E-state index in [0.717, 1.165) is 32.1 Å². The zero-order chi connectivity index (χ0) is 42.3. The third kappa shape index (κ3) is 44.1. The SMILES string of the molecule is CCCCCCCCCCC/C=C\C/C=C\CCCCCCCCCC(O)CC(=O)NC(CO)C(O)/C=C/CCCCCCCCCCCCCCCCCCCC. The molecule has 58 heavy (non-hydrogen) atoms. The van der Waals surface area contributed by atoms with Crippen LogP contribution in [0, 0.1) is 0 Å². The molecule has 0 rings (SSSR count). The van der Waals surface area contributed by atoms with E-state index in [2.05, 4.69) is 43.5 Å². The monoisotopic (exact) mass is 816 g/mol. The predicted octanol–water partition coefficient (Wildman–Crippen LogP) is 15.5. The van der Waals surface area contributed by atoms with Crippen molar-refractivity contribution in [3.63, 3.8) is 0 Å². The lowest BCUT2D eigenvalue weighted by Crippen LogP contribution is -2.45. The van der Waals surface area contributed by atoms with Gasteiger partial charge < -0.3 is 20.6 Å².